The molecule has 82 heavy (non-hydrogen) atoms. The van der Waals surface area contributed by atoms with Crippen molar-refractivity contribution in [2.75, 3.05) is 39.3 Å². The standard InChI is InChI=1S/C64H74N8O8S2/c1-63(2,3)79-61(77)69-35-29-47(30-36-69)55(73)67-53(45-15-9-7-10-16-45)59(75)71-33-13-19-49(71)57-65-39-51(81-57)43-25-21-41(22-26-43)42-23-27-44(28-24-42)52-40-66-58(82-52)50-20-14-34-72(50)60(76)54(46-17-11-8-12-18-46)68-56(74)48-31-37-70(38-32-48)62(78)80-64(4,5)6/h7-12,15-18,21-28,39-40,47-50,53-54H,13-14,19-20,29-38H2,1-6H3,(H,67,73)(H,68,74)/t49-,50-,53+,54+/m0/s1. The molecule has 2 aromatic heterocycles. The molecular weight excluding hydrogens is 1070 g/mol. The Morgan fingerprint density at radius 3 is 1.16 bits per heavy atom. The number of thiazole rings is 2. The van der Waals surface area contributed by atoms with Gasteiger partial charge < -0.3 is 39.7 Å². The Balaban J connectivity index is 0.756. The van der Waals surface area contributed by atoms with Gasteiger partial charge >= 0.3 is 12.2 Å². The number of amides is 6. The fraction of sp³-hybridized carbons (Fsp3) is 0.438. The average molecular weight is 1150 g/mol. The second kappa shape index (κ2) is 25.0. The summed E-state index contributed by atoms with van der Waals surface area (Å²) in [6, 6.07) is 33.5. The maximum Gasteiger partial charge on any atom is 0.410 e. The number of hydrogen-bond acceptors (Lipinski definition) is 12. The first-order chi connectivity index (χ1) is 39.4. The van der Waals surface area contributed by atoms with Crippen LogP contribution in [0.5, 0.6) is 0 Å². The molecule has 4 aliphatic heterocycles. The molecule has 2 N–H and O–H groups in total. The van der Waals surface area contributed by atoms with Crippen LogP contribution in [0.2, 0.25) is 0 Å². The summed E-state index contributed by atoms with van der Waals surface area (Å²) in [7, 11) is 0. The lowest BCUT2D eigenvalue weighted by molar-refractivity contribution is -0.139. The van der Waals surface area contributed by atoms with Gasteiger partial charge in [-0.05, 0) is 126 Å². The average Bonchev–Trinajstić information content (AvgIpc) is 4.41. The second-order valence-electron chi connectivity index (χ2n) is 23.8. The van der Waals surface area contributed by atoms with Crippen LogP contribution in [0.1, 0.15) is 138 Å². The maximum absolute atomic E-state index is 14.6. The number of rotatable bonds is 13. The van der Waals surface area contributed by atoms with E-state index in [4.69, 9.17) is 19.4 Å². The van der Waals surface area contributed by atoms with E-state index in [1.165, 1.54) is 0 Å². The van der Waals surface area contributed by atoms with Crippen LogP contribution >= 0.6 is 22.7 Å². The van der Waals surface area contributed by atoms with Crippen LogP contribution in [0.25, 0.3) is 32.0 Å². The number of piperidine rings is 2. The van der Waals surface area contributed by atoms with Crippen LogP contribution in [0, 0.1) is 11.8 Å². The predicted octanol–water partition coefficient (Wildman–Crippen LogP) is 11.9. The van der Waals surface area contributed by atoms with E-state index in [9.17, 15) is 28.8 Å². The van der Waals surface area contributed by atoms with Crippen molar-refractivity contribution in [2.24, 2.45) is 11.8 Å². The fourth-order valence-electron chi connectivity index (χ4n) is 11.4. The number of nitrogens with zero attached hydrogens (tertiary/aromatic N) is 6. The van der Waals surface area contributed by atoms with E-state index in [1.54, 1.807) is 32.5 Å². The van der Waals surface area contributed by atoms with Gasteiger partial charge in [0, 0.05) is 63.5 Å². The molecule has 6 aromatic rings. The summed E-state index contributed by atoms with van der Waals surface area (Å²) in [6.45, 7) is 13.8. The molecule has 0 bridgehead atoms. The Morgan fingerprint density at radius 2 is 0.817 bits per heavy atom. The van der Waals surface area contributed by atoms with Gasteiger partial charge in [0.1, 0.15) is 33.3 Å². The molecule has 0 radical (unpaired) electrons. The Bertz CT molecular complexity index is 3000. The van der Waals surface area contributed by atoms with E-state index in [2.05, 4.69) is 59.2 Å². The quantitative estimate of drug-likeness (QED) is 0.113. The third-order valence-electron chi connectivity index (χ3n) is 15.7. The zero-order chi connectivity index (χ0) is 57.7. The first-order valence-corrected chi connectivity index (χ1v) is 30.4. The summed E-state index contributed by atoms with van der Waals surface area (Å²) in [6.07, 6.45) is 8.13. The molecule has 6 amide bonds. The summed E-state index contributed by atoms with van der Waals surface area (Å²) < 4.78 is 11.1. The maximum atomic E-state index is 14.6. The van der Waals surface area contributed by atoms with Crippen molar-refractivity contribution >= 4 is 58.5 Å². The number of hydrogen-bond donors (Lipinski definition) is 2. The molecule has 18 heteroatoms. The Hall–Kier alpha value is -7.44. The van der Waals surface area contributed by atoms with E-state index in [0.717, 1.165) is 78.8 Å². The molecule has 10 rings (SSSR count). The number of aromatic nitrogens is 2. The highest BCUT2D eigenvalue weighted by molar-refractivity contribution is 7.15. The zero-order valence-corrected chi connectivity index (χ0v) is 49.3. The molecular formula is C64H74N8O8S2. The molecule has 6 heterocycles. The van der Waals surface area contributed by atoms with Crippen LogP contribution in [-0.2, 0) is 28.7 Å². The number of carbonyl (C=O) groups excluding carboxylic acids is 6. The van der Waals surface area contributed by atoms with Gasteiger partial charge in [-0.1, -0.05) is 109 Å². The second-order valence-corrected chi connectivity index (χ2v) is 26.0. The molecule has 430 valence electrons. The van der Waals surface area contributed by atoms with Crippen molar-refractivity contribution in [1.29, 1.82) is 0 Å². The molecule has 0 aliphatic carbocycles. The van der Waals surface area contributed by atoms with Crippen LogP contribution in [0.4, 0.5) is 9.59 Å². The third kappa shape index (κ3) is 13.7. The van der Waals surface area contributed by atoms with Crippen molar-refractivity contribution in [3.05, 3.63) is 143 Å². The lowest BCUT2D eigenvalue weighted by atomic mass is 9.95. The van der Waals surface area contributed by atoms with Gasteiger partial charge in [-0.15, -0.1) is 22.7 Å². The van der Waals surface area contributed by atoms with Gasteiger partial charge in [-0.25, -0.2) is 19.6 Å². The minimum atomic E-state index is -0.863. The fourth-order valence-corrected chi connectivity index (χ4v) is 13.5. The van der Waals surface area contributed by atoms with Crippen molar-refractivity contribution in [2.45, 2.75) is 128 Å². The molecule has 4 saturated heterocycles. The Labute approximate surface area is 488 Å². The lowest BCUT2D eigenvalue weighted by Gasteiger charge is -2.34. The van der Waals surface area contributed by atoms with E-state index in [0.29, 0.717) is 65.0 Å². The largest absolute Gasteiger partial charge is 0.444 e. The van der Waals surface area contributed by atoms with Gasteiger partial charge in [0.15, 0.2) is 0 Å². The van der Waals surface area contributed by atoms with Gasteiger partial charge in [0.2, 0.25) is 23.6 Å². The van der Waals surface area contributed by atoms with Crippen molar-refractivity contribution < 1.29 is 38.2 Å². The van der Waals surface area contributed by atoms with E-state index in [-0.39, 0.29) is 59.7 Å². The van der Waals surface area contributed by atoms with Gasteiger partial charge in [0.25, 0.3) is 0 Å². The molecule has 0 saturated carbocycles. The number of ether oxygens (including phenoxy) is 2. The first kappa shape index (κ1) is 57.8. The summed E-state index contributed by atoms with van der Waals surface area (Å²) in [5, 5.41) is 7.96. The number of nitrogens with one attached hydrogen (secondary N) is 2. The number of carbonyl (C=O) groups is 6. The number of likely N-dealkylation sites (tertiary alicyclic amines) is 4. The van der Waals surface area contributed by atoms with Crippen molar-refractivity contribution in [1.82, 2.24) is 40.2 Å². The van der Waals surface area contributed by atoms with E-state index >= 15 is 0 Å². The first-order valence-electron chi connectivity index (χ1n) is 28.8. The molecule has 4 aromatic carbocycles. The van der Waals surface area contributed by atoms with Gasteiger partial charge in [-0.2, -0.15) is 0 Å². The summed E-state index contributed by atoms with van der Waals surface area (Å²) in [4.78, 5) is 101. The van der Waals surface area contributed by atoms with Crippen LogP contribution < -0.4 is 10.6 Å². The highest BCUT2D eigenvalue weighted by Gasteiger charge is 2.41. The SMILES string of the molecule is CC(C)(C)OC(=O)N1CCC(C(=O)N[C@@H](C(=O)N2CCC[C@H]2c2ncc(-c3ccc(-c4ccc(-c5cnc([C@@H]6CCCN6C(=O)[C@H](NC(=O)C6CCN(C(=O)OC(C)(C)C)CC6)c6ccccc6)s5)cc4)cc3)s2)c2ccccc2)CC1. The molecule has 4 aliphatic rings. The summed E-state index contributed by atoms with van der Waals surface area (Å²) in [5.74, 6) is -1.38. The smallest absolute Gasteiger partial charge is 0.410 e. The summed E-state index contributed by atoms with van der Waals surface area (Å²) >= 11 is 3.17. The van der Waals surface area contributed by atoms with Crippen LogP contribution in [-0.4, -0.2) is 116 Å². The van der Waals surface area contributed by atoms with E-state index < -0.39 is 23.3 Å². The third-order valence-corrected chi connectivity index (χ3v) is 18.0. The topological polar surface area (TPSA) is 184 Å². The zero-order valence-electron chi connectivity index (χ0n) is 47.7. The van der Waals surface area contributed by atoms with Crippen molar-refractivity contribution in [3.63, 3.8) is 0 Å². The van der Waals surface area contributed by atoms with Gasteiger partial charge in [-0.3, -0.25) is 19.2 Å². The Morgan fingerprint density at radius 1 is 0.476 bits per heavy atom. The van der Waals surface area contributed by atoms with E-state index in [1.807, 2.05) is 124 Å². The van der Waals surface area contributed by atoms with Gasteiger partial charge in [0.05, 0.1) is 21.8 Å². The van der Waals surface area contributed by atoms with Crippen LogP contribution in [0.3, 0.4) is 0 Å². The lowest BCUT2D eigenvalue weighted by Crippen LogP contribution is -2.47. The minimum Gasteiger partial charge on any atom is -0.444 e. The van der Waals surface area contributed by atoms with Crippen LogP contribution in [0.15, 0.2) is 122 Å². The Kier molecular flexibility index (Phi) is 17.6. The molecule has 0 unspecified atom stereocenters. The molecule has 0 spiro atoms. The predicted molar refractivity (Wildman–Crippen MR) is 317 cm³/mol. The molecule has 4 fully saturated rings. The summed E-state index contributed by atoms with van der Waals surface area (Å²) in [5.41, 5.74) is 4.41. The minimum absolute atomic E-state index is 0.160. The highest BCUT2D eigenvalue weighted by atomic mass is 32.1. The number of benzene rings is 4. The molecule has 4 atom stereocenters. The van der Waals surface area contributed by atoms with Crippen molar-refractivity contribution in [3.8, 4) is 32.0 Å². The highest BCUT2D eigenvalue weighted by Crippen LogP contribution is 2.42. The monoisotopic (exact) mass is 1150 g/mol. The normalized spacial score (nSPS) is 18.9. The molecule has 16 nitrogen and oxygen atoms in total.